The van der Waals surface area contributed by atoms with E-state index in [4.69, 9.17) is 4.74 Å². The number of benzene rings is 2. The van der Waals surface area contributed by atoms with Crippen LogP contribution in [0.15, 0.2) is 66.1 Å². The summed E-state index contributed by atoms with van der Waals surface area (Å²) in [5.41, 5.74) is 1.49. The number of hydrogen-bond acceptors (Lipinski definition) is 6. The highest BCUT2D eigenvalue weighted by atomic mass is 32.2. The van der Waals surface area contributed by atoms with Crippen molar-refractivity contribution >= 4 is 23.7 Å². The summed E-state index contributed by atoms with van der Waals surface area (Å²) in [4.78, 5) is 24.7. The summed E-state index contributed by atoms with van der Waals surface area (Å²) >= 11 is 1.20. The summed E-state index contributed by atoms with van der Waals surface area (Å²) in [5, 5.41) is 12.9. The van der Waals surface area contributed by atoms with Crippen LogP contribution in [0.25, 0.3) is 5.69 Å². The maximum atomic E-state index is 12.9. The van der Waals surface area contributed by atoms with Gasteiger partial charge in [0.25, 0.3) is 0 Å². The molecule has 1 atom stereocenters. The molecule has 0 aliphatic heterocycles. The van der Waals surface area contributed by atoms with Gasteiger partial charge in [0, 0.05) is 6.54 Å². The second-order valence-corrected chi connectivity index (χ2v) is 6.98. The maximum Gasteiger partial charge on any atom is 0.321 e. The summed E-state index contributed by atoms with van der Waals surface area (Å²) in [5.74, 6) is 0.207. The standard InChI is InChI=1S/C20H21N5O3S/c1-3-21-19(27)23-18(26)17(14-9-5-4-6-10-14)29-20-24-22-13-25(20)15-11-7-8-12-16(15)28-2/h4-13,17H,3H2,1-2H3,(H2,21,23,26,27)/t17-/m0/s1. The Hall–Kier alpha value is -3.33. The van der Waals surface area contributed by atoms with Crippen LogP contribution in [0.5, 0.6) is 5.75 Å². The van der Waals surface area contributed by atoms with Crippen molar-refractivity contribution in [2.45, 2.75) is 17.3 Å². The van der Waals surface area contributed by atoms with E-state index in [9.17, 15) is 9.59 Å². The molecule has 3 amide bonds. The summed E-state index contributed by atoms with van der Waals surface area (Å²) in [6, 6.07) is 16.1. The summed E-state index contributed by atoms with van der Waals surface area (Å²) in [6.07, 6.45) is 1.56. The number of hydrogen-bond donors (Lipinski definition) is 2. The highest BCUT2D eigenvalue weighted by Crippen LogP contribution is 2.36. The van der Waals surface area contributed by atoms with Gasteiger partial charge in [-0.15, -0.1) is 10.2 Å². The van der Waals surface area contributed by atoms with Crippen LogP contribution in [0.2, 0.25) is 0 Å². The van der Waals surface area contributed by atoms with Gasteiger partial charge in [-0.2, -0.15) is 0 Å². The molecular formula is C20H21N5O3S. The zero-order valence-electron chi connectivity index (χ0n) is 16.0. The lowest BCUT2D eigenvalue weighted by Gasteiger charge is -2.17. The summed E-state index contributed by atoms with van der Waals surface area (Å²) < 4.78 is 7.17. The Balaban J connectivity index is 1.93. The molecular weight excluding hydrogens is 390 g/mol. The Morgan fingerprint density at radius 2 is 1.86 bits per heavy atom. The van der Waals surface area contributed by atoms with E-state index in [2.05, 4.69) is 20.8 Å². The van der Waals surface area contributed by atoms with E-state index in [-0.39, 0.29) is 0 Å². The minimum absolute atomic E-state index is 0.421. The van der Waals surface area contributed by atoms with Crippen molar-refractivity contribution in [3.63, 3.8) is 0 Å². The van der Waals surface area contributed by atoms with Crippen molar-refractivity contribution in [3.8, 4) is 11.4 Å². The highest BCUT2D eigenvalue weighted by molar-refractivity contribution is 8.00. The second-order valence-electron chi connectivity index (χ2n) is 5.91. The third-order valence-electron chi connectivity index (χ3n) is 4.00. The number of thioether (sulfide) groups is 1. The Morgan fingerprint density at radius 3 is 2.59 bits per heavy atom. The number of rotatable bonds is 7. The number of carbonyl (C=O) groups excluding carboxylic acids is 2. The summed E-state index contributed by atoms with van der Waals surface area (Å²) in [6.45, 7) is 2.20. The number of amides is 3. The van der Waals surface area contributed by atoms with Crippen molar-refractivity contribution in [2.75, 3.05) is 13.7 Å². The molecule has 1 heterocycles. The second kappa shape index (κ2) is 9.74. The van der Waals surface area contributed by atoms with Gasteiger partial charge in [-0.05, 0) is 24.6 Å². The maximum absolute atomic E-state index is 12.9. The van der Waals surface area contributed by atoms with Crippen molar-refractivity contribution in [3.05, 3.63) is 66.5 Å². The smallest absolute Gasteiger partial charge is 0.321 e. The van der Waals surface area contributed by atoms with E-state index in [0.717, 1.165) is 11.3 Å². The molecule has 3 rings (SSSR count). The molecule has 9 heteroatoms. The fourth-order valence-corrected chi connectivity index (χ4v) is 3.71. The number of ether oxygens (including phenoxy) is 1. The van der Waals surface area contributed by atoms with Crippen molar-refractivity contribution in [1.82, 2.24) is 25.4 Å². The van der Waals surface area contributed by atoms with Crippen molar-refractivity contribution in [2.24, 2.45) is 0 Å². The lowest BCUT2D eigenvalue weighted by molar-refractivity contribution is -0.119. The van der Waals surface area contributed by atoms with E-state index in [0.29, 0.717) is 17.5 Å². The third kappa shape index (κ3) is 4.94. The van der Waals surface area contributed by atoms with Gasteiger partial charge in [-0.3, -0.25) is 14.7 Å². The Morgan fingerprint density at radius 1 is 1.14 bits per heavy atom. The quantitative estimate of drug-likeness (QED) is 0.580. The number of urea groups is 1. The van der Waals surface area contributed by atoms with E-state index in [1.807, 2.05) is 54.6 Å². The largest absolute Gasteiger partial charge is 0.495 e. The molecule has 0 unspecified atom stereocenters. The number of aromatic nitrogens is 3. The normalized spacial score (nSPS) is 11.5. The number of methoxy groups -OCH3 is 1. The van der Waals surface area contributed by atoms with Gasteiger partial charge >= 0.3 is 6.03 Å². The molecule has 29 heavy (non-hydrogen) atoms. The number of nitrogens with one attached hydrogen (secondary N) is 2. The first kappa shape index (κ1) is 20.4. The van der Waals surface area contributed by atoms with Crippen LogP contribution in [0.3, 0.4) is 0 Å². The molecule has 0 bridgehead atoms. The SMILES string of the molecule is CCNC(=O)NC(=O)[C@@H](Sc1nncn1-c1ccccc1OC)c1ccccc1. The minimum Gasteiger partial charge on any atom is -0.495 e. The van der Waals surface area contributed by atoms with Gasteiger partial charge in [0.15, 0.2) is 5.16 Å². The van der Waals surface area contributed by atoms with Gasteiger partial charge in [-0.1, -0.05) is 54.2 Å². The van der Waals surface area contributed by atoms with Gasteiger partial charge in [-0.25, -0.2) is 4.79 Å². The van der Waals surface area contributed by atoms with Gasteiger partial charge in [0.1, 0.15) is 17.3 Å². The number of nitrogens with zero attached hydrogens (tertiary/aromatic N) is 3. The predicted molar refractivity (Wildman–Crippen MR) is 110 cm³/mol. The van der Waals surface area contributed by atoms with Crippen LogP contribution >= 0.6 is 11.8 Å². The lowest BCUT2D eigenvalue weighted by atomic mass is 10.1. The van der Waals surface area contributed by atoms with Crippen molar-refractivity contribution < 1.29 is 14.3 Å². The summed E-state index contributed by atoms with van der Waals surface area (Å²) in [7, 11) is 1.59. The molecule has 0 saturated heterocycles. The van der Waals surface area contributed by atoms with E-state index >= 15 is 0 Å². The number of para-hydroxylation sites is 2. The average Bonchev–Trinajstić information content (AvgIpc) is 3.20. The molecule has 0 saturated carbocycles. The molecule has 2 N–H and O–H groups in total. The first-order valence-electron chi connectivity index (χ1n) is 8.97. The molecule has 1 aromatic heterocycles. The zero-order chi connectivity index (χ0) is 20.6. The average molecular weight is 411 g/mol. The third-order valence-corrected chi connectivity index (χ3v) is 5.21. The van der Waals surface area contributed by atoms with E-state index in [1.165, 1.54) is 11.8 Å². The Bertz CT molecular complexity index is 977. The monoisotopic (exact) mass is 411 g/mol. The number of imide groups is 1. The van der Waals surface area contributed by atoms with Gasteiger partial charge < -0.3 is 10.1 Å². The highest BCUT2D eigenvalue weighted by Gasteiger charge is 2.26. The fourth-order valence-electron chi connectivity index (χ4n) is 2.69. The van der Waals surface area contributed by atoms with Crippen LogP contribution in [0, 0.1) is 0 Å². The molecule has 0 aliphatic carbocycles. The van der Waals surface area contributed by atoms with Crippen LogP contribution in [-0.4, -0.2) is 40.4 Å². The Labute approximate surface area is 172 Å². The molecule has 3 aromatic rings. The molecule has 0 fully saturated rings. The fraction of sp³-hybridized carbons (Fsp3) is 0.200. The first-order valence-corrected chi connectivity index (χ1v) is 9.85. The lowest BCUT2D eigenvalue weighted by Crippen LogP contribution is -2.41. The van der Waals surface area contributed by atoms with Crippen molar-refractivity contribution in [1.29, 1.82) is 0 Å². The van der Waals surface area contributed by atoms with Crippen LogP contribution < -0.4 is 15.4 Å². The molecule has 0 spiro atoms. The topological polar surface area (TPSA) is 98.1 Å². The minimum atomic E-state index is -0.698. The molecule has 0 radical (unpaired) electrons. The molecule has 0 aliphatic rings. The molecule has 150 valence electrons. The molecule has 2 aromatic carbocycles. The van der Waals surface area contributed by atoms with E-state index < -0.39 is 17.2 Å². The van der Waals surface area contributed by atoms with Gasteiger partial charge in [0.05, 0.1) is 12.8 Å². The Kier molecular flexibility index (Phi) is 6.85. The van der Waals surface area contributed by atoms with Gasteiger partial charge in [0.2, 0.25) is 5.91 Å². The van der Waals surface area contributed by atoms with Crippen LogP contribution in [0.4, 0.5) is 4.79 Å². The molecule has 8 nitrogen and oxygen atoms in total. The van der Waals surface area contributed by atoms with Crippen LogP contribution in [-0.2, 0) is 4.79 Å². The number of carbonyl (C=O) groups is 2. The van der Waals surface area contributed by atoms with Crippen LogP contribution in [0.1, 0.15) is 17.7 Å². The predicted octanol–water partition coefficient (Wildman–Crippen LogP) is 2.96. The zero-order valence-corrected chi connectivity index (χ0v) is 16.8. The van der Waals surface area contributed by atoms with E-state index in [1.54, 1.807) is 24.9 Å². The first-order chi connectivity index (χ1) is 14.1.